The molecule has 0 radical (unpaired) electrons. The van der Waals surface area contributed by atoms with Gasteiger partial charge in [-0.1, -0.05) is 49.7 Å². The third kappa shape index (κ3) is 6.18. The second-order valence-electron chi connectivity index (χ2n) is 11.3. The highest BCUT2D eigenvalue weighted by atomic mass is 32.1. The van der Waals surface area contributed by atoms with Crippen LogP contribution >= 0.6 is 34.0 Å². The maximum Gasteiger partial charge on any atom is 0.254 e. The number of benzene rings is 2. The molecule has 0 unspecified atom stereocenters. The summed E-state index contributed by atoms with van der Waals surface area (Å²) in [4.78, 5) is 30.8. The third-order valence-electron chi connectivity index (χ3n) is 8.08. The zero-order valence-corrected chi connectivity index (χ0v) is 27.9. The van der Waals surface area contributed by atoms with Gasteiger partial charge in [0.2, 0.25) is 4.96 Å². The summed E-state index contributed by atoms with van der Waals surface area (Å²) in [6.45, 7) is 5.22. The number of rotatable bonds is 10. The Morgan fingerprint density at radius 2 is 1.87 bits per heavy atom. The molecule has 9 nitrogen and oxygen atoms in total. The number of hydrogen-bond acceptors (Lipinski definition) is 10. The molecule has 1 aliphatic rings. The minimum atomic E-state index is 0.138. The smallest absolute Gasteiger partial charge is 0.254 e. The van der Waals surface area contributed by atoms with E-state index >= 15 is 0 Å². The number of ether oxygens (including phenoxy) is 2. The summed E-state index contributed by atoms with van der Waals surface area (Å²) in [5.41, 5.74) is 4.13. The lowest BCUT2D eigenvalue weighted by atomic mass is 9.93. The van der Waals surface area contributed by atoms with Gasteiger partial charge in [0, 0.05) is 41.2 Å². The van der Waals surface area contributed by atoms with Crippen molar-refractivity contribution in [1.82, 2.24) is 29.5 Å². The van der Waals surface area contributed by atoms with Crippen LogP contribution in [-0.2, 0) is 6.61 Å². The molecular formula is C33H34N6O3S3. The van der Waals surface area contributed by atoms with Gasteiger partial charge < -0.3 is 14.4 Å². The second kappa shape index (κ2) is 12.9. The highest BCUT2D eigenvalue weighted by Gasteiger charge is 2.26. The molecule has 1 fully saturated rings. The Labute approximate surface area is 273 Å². The van der Waals surface area contributed by atoms with Crippen LogP contribution < -0.4 is 9.47 Å². The number of nitrogens with zero attached hydrogens (tertiary/aromatic N) is 6. The van der Waals surface area contributed by atoms with E-state index in [1.165, 1.54) is 30.6 Å². The highest BCUT2D eigenvalue weighted by Crippen LogP contribution is 2.39. The van der Waals surface area contributed by atoms with E-state index in [1.54, 1.807) is 34.3 Å². The molecule has 1 saturated carbocycles. The first kappa shape index (κ1) is 29.8. The zero-order valence-electron chi connectivity index (χ0n) is 25.5. The van der Waals surface area contributed by atoms with Crippen molar-refractivity contribution in [3.8, 4) is 32.8 Å². The van der Waals surface area contributed by atoms with Crippen molar-refractivity contribution in [3.05, 3.63) is 64.2 Å². The topological polar surface area (TPSA) is 94.7 Å². The van der Waals surface area contributed by atoms with Crippen LogP contribution in [0.5, 0.6) is 11.5 Å². The Hall–Kier alpha value is -3.87. The molecule has 6 aromatic rings. The van der Waals surface area contributed by atoms with Crippen molar-refractivity contribution in [2.75, 3.05) is 13.7 Å². The van der Waals surface area contributed by atoms with Crippen molar-refractivity contribution < 1.29 is 14.3 Å². The maximum absolute atomic E-state index is 13.4. The van der Waals surface area contributed by atoms with Crippen LogP contribution in [0.15, 0.2) is 48.0 Å². The average molecular weight is 659 g/mol. The molecule has 4 heterocycles. The van der Waals surface area contributed by atoms with Crippen LogP contribution in [0.2, 0.25) is 0 Å². The van der Waals surface area contributed by atoms with E-state index in [4.69, 9.17) is 24.4 Å². The van der Waals surface area contributed by atoms with E-state index in [0.29, 0.717) is 24.1 Å². The lowest BCUT2D eigenvalue weighted by Gasteiger charge is -2.34. The summed E-state index contributed by atoms with van der Waals surface area (Å²) >= 11 is 4.65. The third-order valence-corrected chi connectivity index (χ3v) is 11.0. The summed E-state index contributed by atoms with van der Waals surface area (Å²) in [6.07, 6.45) is 8.80. The first-order valence-corrected chi connectivity index (χ1v) is 17.8. The van der Waals surface area contributed by atoms with Gasteiger partial charge in [0.15, 0.2) is 0 Å². The normalized spacial score (nSPS) is 13.9. The number of aromatic nitrogens is 5. The number of imidazole rings is 1. The van der Waals surface area contributed by atoms with E-state index in [1.807, 2.05) is 54.9 Å². The molecule has 0 spiro atoms. The van der Waals surface area contributed by atoms with Crippen molar-refractivity contribution in [2.45, 2.75) is 65.0 Å². The summed E-state index contributed by atoms with van der Waals surface area (Å²) < 4.78 is 14.6. The molecule has 45 heavy (non-hydrogen) atoms. The van der Waals surface area contributed by atoms with Crippen LogP contribution in [0, 0.1) is 6.92 Å². The van der Waals surface area contributed by atoms with E-state index in [2.05, 4.69) is 16.9 Å². The van der Waals surface area contributed by atoms with Crippen LogP contribution in [-0.4, -0.2) is 55.1 Å². The predicted molar refractivity (Wildman–Crippen MR) is 181 cm³/mol. The van der Waals surface area contributed by atoms with E-state index in [0.717, 1.165) is 78.5 Å². The fraction of sp³-hybridized carbons (Fsp3) is 0.364. The molecule has 0 atom stereocenters. The summed E-state index contributed by atoms with van der Waals surface area (Å²) in [7, 11) is 1.64. The molecule has 232 valence electrons. The Morgan fingerprint density at radius 1 is 1.04 bits per heavy atom. The lowest BCUT2D eigenvalue weighted by molar-refractivity contribution is 0.0634. The Bertz CT molecular complexity index is 1920. The van der Waals surface area contributed by atoms with Crippen molar-refractivity contribution >= 4 is 55.1 Å². The maximum atomic E-state index is 13.4. The Kier molecular flexibility index (Phi) is 8.52. The van der Waals surface area contributed by atoms with Crippen molar-refractivity contribution in [1.29, 1.82) is 0 Å². The number of amides is 1. The molecule has 4 aromatic heterocycles. The van der Waals surface area contributed by atoms with Gasteiger partial charge in [0.25, 0.3) is 5.91 Å². The van der Waals surface area contributed by atoms with Crippen LogP contribution in [0.1, 0.15) is 66.5 Å². The average Bonchev–Trinajstić information content (AvgIpc) is 3.86. The van der Waals surface area contributed by atoms with Crippen molar-refractivity contribution in [2.24, 2.45) is 0 Å². The number of carbonyl (C=O) groups is 1. The molecular weight excluding hydrogens is 625 g/mol. The largest absolute Gasteiger partial charge is 0.497 e. The minimum absolute atomic E-state index is 0.138. The van der Waals surface area contributed by atoms with Gasteiger partial charge >= 0.3 is 0 Å². The molecule has 2 aromatic carbocycles. The monoisotopic (exact) mass is 658 g/mol. The van der Waals surface area contributed by atoms with Gasteiger partial charge in [-0.2, -0.15) is 5.10 Å². The number of hydrogen-bond donors (Lipinski definition) is 0. The molecule has 0 bridgehead atoms. The summed E-state index contributed by atoms with van der Waals surface area (Å²) in [6, 6.07) is 12.0. The minimum Gasteiger partial charge on any atom is -0.497 e. The predicted octanol–water partition coefficient (Wildman–Crippen LogP) is 8.27. The van der Waals surface area contributed by atoms with Gasteiger partial charge in [0.05, 0.1) is 29.2 Å². The molecule has 1 amide bonds. The summed E-state index contributed by atoms with van der Waals surface area (Å²) in [5, 5.41) is 9.15. The quantitative estimate of drug-likeness (QED) is 0.146. The van der Waals surface area contributed by atoms with Crippen LogP contribution in [0.4, 0.5) is 0 Å². The number of aryl methyl sites for hydroxylation is 1. The standard InChI is InChI=1S/C33H34N6O3S3/c1-4-14-38(24-8-6-5-7-9-24)32(40)22-12-10-21(11-13-22)30-34-23(19-43-30)18-42-28-16-25(41-3)15-26-29(28)45-31(35-26)27-17-39-33(36-27)44-20(2)37-39/h10-13,15-17,19,24H,4-9,14,18H2,1-3H3. The Balaban J connectivity index is 1.06. The number of thiazole rings is 2. The number of methoxy groups -OCH3 is 1. The molecule has 0 aliphatic heterocycles. The number of fused-ring (bicyclic) bond motifs is 2. The van der Waals surface area contributed by atoms with Gasteiger partial charge in [-0.05, 0) is 38.3 Å². The molecule has 0 saturated heterocycles. The second-order valence-corrected chi connectivity index (χ2v) is 14.3. The fourth-order valence-corrected chi connectivity index (χ4v) is 8.38. The summed E-state index contributed by atoms with van der Waals surface area (Å²) in [5.74, 6) is 1.50. The van der Waals surface area contributed by atoms with E-state index in [9.17, 15) is 4.79 Å². The van der Waals surface area contributed by atoms with Gasteiger partial charge in [-0.25, -0.2) is 19.5 Å². The van der Waals surface area contributed by atoms with Gasteiger partial charge in [0.1, 0.15) is 38.8 Å². The fourth-order valence-electron chi connectivity index (χ4n) is 5.88. The lowest BCUT2D eigenvalue weighted by Crippen LogP contribution is -2.41. The first-order chi connectivity index (χ1) is 22.0. The molecule has 0 N–H and O–H groups in total. The van der Waals surface area contributed by atoms with Crippen molar-refractivity contribution in [3.63, 3.8) is 0 Å². The first-order valence-electron chi connectivity index (χ1n) is 15.3. The number of carbonyl (C=O) groups excluding carboxylic acids is 1. The van der Waals surface area contributed by atoms with Crippen LogP contribution in [0.3, 0.4) is 0 Å². The van der Waals surface area contributed by atoms with Gasteiger partial charge in [-0.15, -0.1) is 22.7 Å². The van der Waals surface area contributed by atoms with Crippen LogP contribution in [0.25, 0.3) is 36.5 Å². The molecule has 1 aliphatic carbocycles. The zero-order chi connectivity index (χ0) is 30.9. The van der Waals surface area contributed by atoms with Gasteiger partial charge in [-0.3, -0.25) is 4.79 Å². The van der Waals surface area contributed by atoms with E-state index in [-0.39, 0.29) is 5.91 Å². The SMILES string of the molecule is CCCN(C(=O)c1ccc(-c2nc(COc3cc(OC)cc4nc(-c5cn6nc(C)sc6n5)sc34)cs2)cc1)C1CCCCC1. The molecule has 12 heteroatoms. The highest BCUT2D eigenvalue weighted by molar-refractivity contribution is 7.22. The Morgan fingerprint density at radius 3 is 2.62 bits per heavy atom. The van der Waals surface area contributed by atoms with E-state index < -0.39 is 0 Å². The molecule has 7 rings (SSSR count).